The van der Waals surface area contributed by atoms with Crippen molar-refractivity contribution in [1.82, 2.24) is 5.01 Å². The predicted molar refractivity (Wildman–Crippen MR) is 102 cm³/mol. The third-order valence-electron chi connectivity index (χ3n) is 4.39. The first-order valence-electron chi connectivity index (χ1n) is 8.76. The summed E-state index contributed by atoms with van der Waals surface area (Å²) in [6, 6.07) is 19.9. The Balaban J connectivity index is 0.00000261. The molecule has 0 aromatic heterocycles. The smallest absolute Gasteiger partial charge is 0.371 e. The fraction of sp³-hybridized carbons (Fsp3) is 0.286. The Morgan fingerprint density at radius 2 is 1.93 bits per heavy atom. The third kappa shape index (κ3) is 5.04. The van der Waals surface area contributed by atoms with E-state index in [1.807, 2.05) is 54.6 Å². The fourth-order valence-corrected chi connectivity index (χ4v) is 2.99. The Bertz CT molecular complexity index is 820. The van der Waals surface area contributed by atoms with Crippen molar-refractivity contribution in [2.24, 2.45) is 10.1 Å². The summed E-state index contributed by atoms with van der Waals surface area (Å²) in [5.74, 6) is 1.49. The molecule has 27 heavy (non-hydrogen) atoms. The lowest BCUT2D eigenvalue weighted by Gasteiger charge is -2.27. The molecule has 0 N–H and O–H groups in total. The molecule has 0 bridgehead atoms. The molecule has 3 rings (SSSR count). The van der Waals surface area contributed by atoms with Crippen molar-refractivity contribution in [1.29, 1.82) is 5.26 Å². The topological polar surface area (TPSA) is 61.0 Å². The van der Waals surface area contributed by atoms with Gasteiger partial charge >= 0.3 is 6.34 Å². The highest BCUT2D eigenvalue weighted by Gasteiger charge is 2.36. The molecule has 1 atom stereocenters. The number of aliphatic imine (C=N–C) groups is 1. The van der Waals surface area contributed by atoms with Gasteiger partial charge in [0.25, 0.3) is 6.34 Å². The second-order valence-electron chi connectivity index (χ2n) is 6.28. The molecule has 0 saturated heterocycles. The van der Waals surface area contributed by atoms with E-state index in [1.54, 1.807) is 11.3 Å². The molecule has 1 aliphatic heterocycles. The minimum atomic E-state index is -0.687. The number of unbranched alkanes of at least 4 members (excludes halogenated alkanes) is 1. The zero-order valence-corrected chi connectivity index (χ0v) is 15.9. The molecule has 0 spiro atoms. The first kappa shape index (κ1) is 20.4. The van der Waals surface area contributed by atoms with E-state index in [2.05, 4.69) is 29.4 Å². The van der Waals surface area contributed by atoms with Crippen LogP contribution in [-0.4, -0.2) is 24.2 Å². The Morgan fingerprint density at radius 1 is 1.15 bits per heavy atom. The molecule has 138 valence electrons. The van der Waals surface area contributed by atoms with E-state index in [1.165, 1.54) is 0 Å². The van der Waals surface area contributed by atoms with Crippen molar-refractivity contribution < 1.29 is 17.1 Å². The summed E-state index contributed by atoms with van der Waals surface area (Å²) in [6.45, 7) is 2.56. The van der Waals surface area contributed by atoms with Gasteiger partial charge in [-0.2, -0.15) is 5.26 Å². The summed E-state index contributed by atoms with van der Waals surface area (Å²) in [5, 5.41) is 15.8. The Labute approximate surface area is 166 Å². The van der Waals surface area contributed by atoms with E-state index in [4.69, 9.17) is 4.74 Å². The van der Waals surface area contributed by atoms with Gasteiger partial charge in [0.15, 0.2) is 0 Å². The van der Waals surface area contributed by atoms with E-state index < -0.39 is 5.41 Å². The van der Waals surface area contributed by atoms with Crippen LogP contribution in [0.15, 0.2) is 64.7 Å². The minimum absolute atomic E-state index is 0. The van der Waals surface area contributed by atoms with Gasteiger partial charge in [-0.1, -0.05) is 50.1 Å². The zero-order chi connectivity index (χ0) is 18.2. The van der Waals surface area contributed by atoms with Crippen LogP contribution >= 0.6 is 0 Å². The van der Waals surface area contributed by atoms with Crippen LogP contribution in [0.2, 0.25) is 0 Å². The first-order chi connectivity index (χ1) is 12.8. The number of halogens is 1. The van der Waals surface area contributed by atoms with Crippen LogP contribution in [0, 0.1) is 11.3 Å². The maximum absolute atomic E-state index is 10.1. The molecule has 2 aromatic carbocycles. The monoisotopic (exact) mass is 380 g/mol. The van der Waals surface area contributed by atoms with E-state index in [0.717, 1.165) is 36.3 Å². The number of rotatable bonds is 8. The molecular weight excluding hydrogens is 360 g/mol. The standard InChI is InChI=1S/C21H21N4O.ClH/c1-2-3-12-21(14-22,15-25-17-23-16-24-25)18-8-7-11-20(13-18)26-19-9-5-4-6-10-19;/h4-11,13,17H,2-3,12,15H2,1H3;1H/q+1;/p-1. The van der Waals surface area contributed by atoms with Crippen LogP contribution < -0.4 is 17.1 Å². The van der Waals surface area contributed by atoms with Gasteiger partial charge in [-0.15, -0.1) is 5.01 Å². The molecule has 1 aliphatic rings. The lowest BCUT2D eigenvalue weighted by Crippen LogP contribution is -3.00. The number of nitrogens with zero attached hydrogens (tertiary/aromatic N) is 4. The molecule has 1 unspecified atom stereocenters. The van der Waals surface area contributed by atoms with Crippen molar-refractivity contribution in [3.05, 3.63) is 60.2 Å². The summed E-state index contributed by atoms with van der Waals surface area (Å²) >= 11 is 0. The largest absolute Gasteiger partial charge is 1.00 e. The number of hydrazone groups is 1. The maximum Gasteiger partial charge on any atom is 0.371 e. The van der Waals surface area contributed by atoms with Crippen molar-refractivity contribution in [3.8, 4) is 17.6 Å². The van der Waals surface area contributed by atoms with Crippen LogP contribution in [0.4, 0.5) is 0 Å². The number of para-hydroxylation sites is 1. The normalized spacial score (nSPS) is 14.0. The van der Waals surface area contributed by atoms with Crippen molar-refractivity contribution in [2.45, 2.75) is 31.6 Å². The van der Waals surface area contributed by atoms with E-state index in [0.29, 0.717) is 6.54 Å². The maximum atomic E-state index is 10.1. The molecule has 0 amide bonds. The third-order valence-corrected chi connectivity index (χ3v) is 4.39. The predicted octanol–water partition coefficient (Wildman–Crippen LogP) is 1.60. The molecule has 2 aromatic rings. The van der Waals surface area contributed by atoms with E-state index >= 15 is 0 Å². The second kappa shape index (κ2) is 9.68. The van der Waals surface area contributed by atoms with Gasteiger partial charge in [0.05, 0.1) is 12.6 Å². The van der Waals surface area contributed by atoms with Crippen molar-refractivity contribution >= 4 is 12.7 Å². The van der Waals surface area contributed by atoms with Gasteiger partial charge in [0.1, 0.15) is 16.9 Å². The molecule has 0 radical (unpaired) electrons. The van der Waals surface area contributed by atoms with Gasteiger partial charge in [-0.25, -0.2) is 0 Å². The highest BCUT2D eigenvalue weighted by atomic mass is 35.5. The van der Waals surface area contributed by atoms with Crippen LogP contribution in [0.1, 0.15) is 31.7 Å². The Morgan fingerprint density at radius 3 is 2.59 bits per heavy atom. The summed E-state index contributed by atoms with van der Waals surface area (Å²) in [4.78, 5) is 3.88. The van der Waals surface area contributed by atoms with E-state index in [9.17, 15) is 5.26 Å². The van der Waals surface area contributed by atoms with Gasteiger partial charge < -0.3 is 17.1 Å². The summed E-state index contributed by atoms with van der Waals surface area (Å²) in [5.41, 5.74) is 0.241. The van der Waals surface area contributed by atoms with Gasteiger partial charge in [0.2, 0.25) is 0 Å². The molecule has 0 aliphatic carbocycles. The number of nitriles is 1. The quantitative estimate of drug-likeness (QED) is 0.653. The fourth-order valence-electron chi connectivity index (χ4n) is 2.99. The summed E-state index contributed by atoms with van der Waals surface area (Å²) < 4.78 is 5.95. The van der Waals surface area contributed by atoms with E-state index in [-0.39, 0.29) is 12.4 Å². The van der Waals surface area contributed by atoms with Crippen molar-refractivity contribution in [3.63, 3.8) is 0 Å². The molecule has 5 nitrogen and oxygen atoms in total. The molecule has 1 heterocycles. The highest BCUT2D eigenvalue weighted by molar-refractivity contribution is 5.75. The number of hydrogen-bond acceptors (Lipinski definition) is 5. The van der Waals surface area contributed by atoms with Gasteiger partial charge in [-0.05, 0) is 36.2 Å². The van der Waals surface area contributed by atoms with Crippen LogP contribution in [0.3, 0.4) is 0 Å². The van der Waals surface area contributed by atoms with Gasteiger partial charge in [-0.3, -0.25) is 0 Å². The van der Waals surface area contributed by atoms with Crippen molar-refractivity contribution in [2.75, 3.05) is 6.54 Å². The van der Waals surface area contributed by atoms with Crippen LogP contribution in [-0.2, 0) is 5.41 Å². The summed E-state index contributed by atoms with van der Waals surface area (Å²) in [6.07, 6.45) is 6.88. The Hall–Kier alpha value is -2.93. The van der Waals surface area contributed by atoms with Crippen LogP contribution in [0.25, 0.3) is 0 Å². The lowest BCUT2D eigenvalue weighted by atomic mass is 9.77. The second-order valence-corrected chi connectivity index (χ2v) is 6.28. The average Bonchev–Trinajstić information content (AvgIpc) is 3.19. The Kier molecular flexibility index (Phi) is 7.31. The summed E-state index contributed by atoms with van der Waals surface area (Å²) in [7, 11) is 0. The minimum Gasteiger partial charge on any atom is -1.00 e. The molecular formula is C21H21ClN4O. The zero-order valence-electron chi connectivity index (χ0n) is 15.2. The first-order valence-corrected chi connectivity index (χ1v) is 8.76. The average molecular weight is 381 g/mol. The highest BCUT2D eigenvalue weighted by Crippen LogP contribution is 2.34. The molecule has 0 saturated carbocycles. The number of hydrogen-bond donors (Lipinski definition) is 0. The van der Waals surface area contributed by atoms with Crippen LogP contribution in [0.5, 0.6) is 11.5 Å². The lowest BCUT2D eigenvalue weighted by molar-refractivity contribution is -0.00000612. The number of benzene rings is 2. The number of ether oxygens (including phenoxy) is 1. The SMILES string of the molecule is CCCCC(C#N)(CN1C=N[C+]=N1)c1cccc(Oc2ccccc2)c1.[Cl-]. The molecule has 0 fully saturated rings. The molecule has 6 heteroatoms. The van der Waals surface area contributed by atoms with Gasteiger partial charge in [0, 0.05) is 10.1 Å².